The summed E-state index contributed by atoms with van der Waals surface area (Å²) in [5, 5.41) is 8.72. The Kier molecular flexibility index (Phi) is 4.95. The lowest BCUT2D eigenvalue weighted by atomic mass is 10.1. The number of H-pyrrole nitrogens is 1. The predicted molar refractivity (Wildman–Crippen MR) is 119 cm³/mol. The fourth-order valence-corrected chi connectivity index (χ4v) is 4.15. The lowest BCUT2D eigenvalue weighted by Crippen LogP contribution is -2.41. The number of benzene rings is 2. The summed E-state index contributed by atoms with van der Waals surface area (Å²) in [4.78, 5) is 30.4. The van der Waals surface area contributed by atoms with Gasteiger partial charge in [-0.1, -0.05) is 29.8 Å². The number of likely N-dealkylation sites (tertiary alicyclic amines) is 1. The van der Waals surface area contributed by atoms with E-state index >= 15 is 0 Å². The van der Waals surface area contributed by atoms with Gasteiger partial charge in [-0.05, 0) is 42.3 Å². The summed E-state index contributed by atoms with van der Waals surface area (Å²) in [6.45, 7) is 0.403. The van der Waals surface area contributed by atoms with Crippen LogP contribution < -0.4 is 5.32 Å². The molecule has 31 heavy (non-hydrogen) atoms. The molecule has 0 saturated carbocycles. The van der Waals surface area contributed by atoms with Crippen LogP contribution in [-0.2, 0) is 16.1 Å². The van der Waals surface area contributed by atoms with Crippen molar-refractivity contribution in [2.45, 2.75) is 25.4 Å². The Hall–Kier alpha value is -3.58. The molecule has 1 aliphatic rings. The van der Waals surface area contributed by atoms with E-state index in [1.807, 2.05) is 54.7 Å². The van der Waals surface area contributed by atoms with Gasteiger partial charge in [0, 0.05) is 41.9 Å². The van der Waals surface area contributed by atoms with Crippen LogP contribution in [0, 0.1) is 0 Å². The highest BCUT2D eigenvalue weighted by atomic mass is 35.5. The SMILES string of the molecule is O=C(Nc1ccc(-n2cc(Cl)cn2)cc1)C1CCC(=O)N1Cc1c[nH]c2ccccc12. The van der Waals surface area contributed by atoms with Crippen LogP contribution in [0.3, 0.4) is 0 Å². The number of aromatic nitrogens is 3. The molecule has 1 atom stereocenters. The molecule has 1 fully saturated rings. The second-order valence-corrected chi connectivity index (χ2v) is 8.01. The first kappa shape index (κ1) is 19.4. The van der Waals surface area contributed by atoms with Crippen molar-refractivity contribution in [3.63, 3.8) is 0 Å². The van der Waals surface area contributed by atoms with Crippen molar-refractivity contribution in [2.75, 3.05) is 5.32 Å². The number of carbonyl (C=O) groups excluding carboxylic acids is 2. The van der Waals surface area contributed by atoms with E-state index in [2.05, 4.69) is 15.4 Å². The number of halogens is 1. The van der Waals surface area contributed by atoms with Crippen molar-refractivity contribution in [3.05, 3.63) is 77.7 Å². The van der Waals surface area contributed by atoms with Crippen molar-refractivity contribution in [2.24, 2.45) is 0 Å². The second-order valence-electron chi connectivity index (χ2n) is 7.57. The number of carbonyl (C=O) groups is 2. The zero-order valence-electron chi connectivity index (χ0n) is 16.6. The number of hydrogen-bond acceptors (Lipinski definition) is 3. The molecule has 4 aromatic rings. The Morgan fingerprint density at radius 3 is 2.77 bits per heavy atom. The van der Waals surface area contributed by atoms with Crippen molar-refractivity contribution in [3.8, 4) is 5.69 Å². The van der Waals surface area contributed by atoms with Crippen molar-refractivity contribution in [1.29, 1.82) is 0 Å². The zero-order valence-corrected chi connectivity index (χ0v) is 17.3. The first-order chi connectivity index (χ1) is 15.1. The lowest BCUT2D eigenvalue weighted by molar-refractivity contribution is -0.133. The molecule has 0 spiro atoms. The van der Waals surface area contributed by atoms with Gasteiger partial charge in [0.05, 0.1) is 16.9 Å². The van der Waals surface area contributed by atoms with Crippen molar-refractivity contribution < 1.29 is 9.59 Å². The summed E-state index contributed by atoms with van der Waals surface area (Å²) in [5.41, 5.74) is 3.52. The van der Waals surface area contributed by atoms with Crippen LogP contribution in [0.1, 0.15) is 18.4 Å². The fraction of sp³-hybridized carbons (Fsp3) is 0.174. The minimum Gasteiger partial charge on any atom is -0.361 e. The molecule has 1 saturated heterocycles. The maximum atomic E-state index is 13.0. The Balaban J connectivity index is 1.30. The summed E-state index contributed by atoms with van der Waals surface area (Å²) in [6.07, 6.45) is 6.07. The van der Waals surface area contributed by atoms with E-state index in [1.54, 1.807) is 22.0 Å². The van der Waals surface area contributed by atoms with Gasteiger partial charge in [-0.3, -0.25) is 9.59 Å². The van der Waals surface area contributed by atoms with E-state index in [1.165, 1.54) is 0 Å². The summed E-state index contributed by atoms with van der Waals surface area (Å²) in [5.74, 6) is -0.183. The van der Waals surface area contributed by atoms with E-state index in [4.69, 9.17) is 11.6 Å². The van der Waals surface area contributed by atoms with Gasteiger partial charge in [0.1, 0.15) is 6.04 Å². The summed E-state index contributed by atoms with van der Waals surface area (Å²) >= 11 is 5.92. The highest BCUT2D eigenvalue weighted by Crippen LogP contribution is 2.26. The number of hydrogen-bond donors (Lipinski definition) is 2. The van der Waals surface area contributed by atoms with Gasteiger partial charge in [0.15, 0.2) is 0 Å². The molecule has 3 heterocycles. The number of anilines is 1. The molecule has 2 N–H and O–H groups in total. The Morgan fingerprint density at radius 2 is 2.00 bits per heavy atom. The summed E-state index contributed by atoms with van der Waals surface area (Å²) < 4.78 is 1.66. The van der Waals surface area contributed by atoms with Gasteiger partial charge < -0.3 is 15.2 Å². The van der Waals surface area contributed by atoms with Crippen LogP contribution in [0.2, 0.25) is 5.02 Å². The third kappa shape index (κ3) is 3.80. The largest absolute Gasteiger partial charge is 0.361 e. The average Bonchev–Trinajstić information content (AvgIpc) is 3.49. The third-order valence-corrected chi connectivity index (χ3v) is 5.79. The van der Waals surface area contributed by atoms with Crippen LogP contribution in [0.5, 0.6) is 0 Å². The molecule has 2 amide bonds. The van der Waals surface area contributed by atoms with Gasteiger partial charge in [0.25, 0.3) is 0 Å². The molecule has 2 aromatic carbocycles. The summed E-state index contributed by atoms with van der Waals surface area (Å²) in [6, 6.07) is 14.8. The predicted octanol–water partition coefficient (Wildman–Crippen LogP) is 4.14. The van der Waals surface area contributed by atoms with Crippen LogP contribution in [0.15, 0.2) is 67.1 Å². The molecular weight excluding hydrogens is 414 g/mol. The summed E-state index contributed by atoms with van der Waals surface area (Å²) in [7, 11) is 0. The first-order valence-corrected chi connectivity index (χ1v) is 10.4. The van der Waals surface area contributed by atoms with Gasteiger partial charge in [0.2, 0.25) is 11.8 Å². The van der Waals surface area contributed by atoms with Crippen LogP contribution in [-0.4, -0.2) is 37.5 Å². The number of fused-ring (bicyclic) bond motifs is 1. The van der Waals surface area contributed by atoms with Crippen LogP contribution in [0.25, 0.3) is 16.6 Å². The maximum Gasteiger partial charge on any atom is 0.247 e. The molecule has 5 rings (SSSR count). The first-order valence-electron chi connectivity index (χ1n) is 10.0. The standard InChI is InChI=1S/C23H20ClN5O2/c24-16-12-26-29(14-16)18-7-5-17(6-8-18)27-23(31)21-9-10-22(30)28(21)13-15-11-25-20-4-2-1-3-19(15)20/h1-8,11-12,14,21,25H,9-10,13H2,(H,27,31). The minimum absolute atomic E-state index is 0.00339. The second kappa shape index (κ2) is 7.92. The van der Waals surface area contributed by atoms with Gasteiger partial charge in [-0.25, -0.2) is 4.68 Å². The fourth-order valence-electron chi connectivity index (χ4n) is 4.02. The van der Waals surface area contributed by atoms with Crippen molar-refractivity contribution >= 4 is 40.0 Å². The zero-order chi connectivity index (χ0) is 21.4. The van der Waals surface area contributed by atoms with E-state index in [-0.39, 0.29) is 11.8 Å². The topological polar surface area (TPSA) is 83.0 Å². The Bertz CT molecular complexity index is 1260. The Labute approximate surface area is 183 Å². The molecule has 0 bridgehead atoms. The van der Waals surface area contributed by atoms with Gasteiger partial charge in [-0.2, -0.15) is 5.10 Å². The molecule has 1 aliphatic heterocycles. The Morgan fingerprint density at radius 1 is 1.19 bits per heavy atom. The highest BCUT2D eigenvalue weighted by molar-refractivity contribution is 6.30. The molecule has 0 aliphatic carbocycles. The number of nitrogens with one attached hydrogen (secondary N) is 2. The molecule has 1 unspecified atom stereocenters. The number of rotatable bonds is 5. The molecule has 8 heteroatoms. The monoisotopic (exact) mass is 433 g/mol. The quantitative estimate of drug-likeness (QED) is 0.496. The average molecular weight is 434 g/mol. The molecule has 156 valence electrons. The third-order valence-electron chi connectivity index (χ3n) is 5.60. The van der Waals surface area contributed by atoms with E-state index in [0.29, 0.717) is 30.1 Å². The van der Waals surface area contributed by atoms with Crippen LogP contribution in [0.4, 0.5) is 5.69 Å². The van der Waals surface area contributed by atoms with Gasteiger partial charge >= 0.3 is 0 Å². The molecule has 0 radical (unpaired) electrons. The van der Waals surface area contributed by atoms with Gasteiger partial charge in [-0.15, -0.1) is 0 Å². The number of para-hydroxylation sites is 1. The van der Waals surface area contributed by atoms with E-state index < -0.39 is 6.04 Å². The van der Waals surface area contributed by atoms with E-state index in [9.17, 15) is 9.59 Å². The van der Waals surface area contributed by atoms with Crippen LogP contribution >= 0.6 is 11.6 Å². The number of aromatic amines is 1. The minimum atomic E-state index is -0.495. The highest BCUT2D eigenvalue weighted by Gasteiger charge is 2.36. The maximum absolute atomic E-state index is 13.0. The van der Waals surface area contributed by atoms with Crippen molar-refractivity contribution in [1.82, 2.24) is 19.7 Å². The number of amides is 2. The lowest BCUT2D eigenvalue weighted by Gasteiger charge is -2.24. The molecule has 2 aromatic heterocycles. The molecule has 7 nitrogen and oxygen atoms in total. The number of nitrogens with zero attached hydrogens (tertiary/aromatic N) is 3. The normalized spacial score (nSPS) is 16.2. The molecular formula is C23H20ClN5O2. The smallest absolute Gasteiger partial charge is 0.247 e. The van der Waals surface area contributed by atoms with E-state index in [0.717, 1.165) is 22.2 Å².